The summed E-state index contributed by atoms with van der Waals surface area (Å²) in [4.78, 5) is 0. The first-order valence-corrected chi connectivity index (χ1v) is 4.33. The molecule has 0 rings (SSSR count). The van der Waals surface area contributed by atoms with E-state index in [9.17, 15) is 7.35 Å². The molecular formula is O3TlV. The fraction of sp³-hybridized carbons (Fsp3) is 0. The van der Waals surface area contributed by atoms with Crippen LogP contribution < -0.4 is 0 Å². The first-order chi connectivity index (χ1) is 2.27. The Morgan fingerprint density at radius 1 is 1.60 bits per heavy atom. The molecule has 0 radical (unpaired) electrons. The quantitative estimate of drug-likeness (QED) is 0.602. The maximum absolute atomic E-state index is 9.31. The summed E-state index contributed by atoms with van der Waals surface area (Å²) in [6.45, 7) is 0. The predicted molar refractivity (Wildman–Crippen MR) is 8.21 cm³/mol. The van der Waals surface area contributed by atoms with E-state index < -0.39 is 15.4 Å². The van der Waals surface area contributed by atoms with Gasteiger partial charge in [-0.25, -0.2) is 0 Å². The molecule has 0 aliphatic carbocycles. The normalized spacial score (nSPS) is 7.00. The van der Waals surface area contributed by atoms with Crippen molar-refractivity contribution < 1.29 is 24.4 Å². The molecule has 5 heavy (non-hydrogen) atoms. The Kier molecular flexibility index (Phi) is 3.96. The summed E-state index contributed by atoms with van der Waals surface area (Å²) in [5, 5.41) is 0. The van der Waals surface area contributed by atoms with Gasteiger partial charge in [-0.05, 0) is 0 Å². The summed E-state index contributed by atoms with van der Waals surface area (Å²) in [5.74, 6) is 0. The number of hydrogen-bond acceptors (Lipinski definition) is 3. The second-order valence-electron chi connectivity index (χ2n) is 0.329. The average Bonchev–Trinajstić information content (AvgIpc) is 1.38. The van der Waals surface area contributed by atoms with Crippen LogP contribution in [0.25, 0.3) is 0 Å². The zero-order valence-electron chi connectivity index (χ0n) is 2.25. The fourth-order valence-electron chi connectivity index (χ4n) is 0. The molecule has 26 valence electrons. The Labute approximate surface area is 50.4 Å². The number of hydrogen-bond donors (Lipinski definition) is 0. The van der Waals surface area contributed by atoms with Crippen molar-refractivity contribution in [1.29, 1.82) is 0 Å². The second-order valence-corrected chi connectivity index (χ2v) is 4.74. The van der Waals surface area contributed by atoms with Crippen molar-refractivity contribution >= 4 is 26.2 Å². The molecule has 0 aliphatic rings. The average molecular weight is 303 g/mol. The molecule has 0 fully saturated rings. The maximum atomic E-state index is 9.31. The van der Waals surface area contributed by atoms with Gasteiger partial charge in [0, 0.05) is 0 Å². The molecule has 0 heterocycles. The van der Waals surface area contributed by atoms with Gasteiger partial charge in [0.1, 0.15) is 0 Å². The van der Waals surface area contributed by atoms with Gasteiger partial charge in [0.15, 0.2) is 0 Å². The van der Waals surface area contributed by atoms with Gasteiger partial charge in [-0.2, -0.15) is 0 Å². The van der Waals surface area contributed by atoms with Crippen molar-refractivity contribution in [1.82, 2.24) is 0 Å². The molecule has 0 aliphatic heterocycles. The molecule has 0 amide bonds. The van der Waals surface area contributed by atoms with Gasteiger partial charge >= 0.3 is 50.6 Å². The van der Waals surface area contributed by atoms with E-state index in [1.807, 2.05) is 0 Å². The van der Waals surface area contributed by atoms with E-state index in [0.29, 0.717) is 0 Å². The van der Waals surface area contributed by atoms with E-state index in [-0.39, 0.29) is 26.2 Å². The zero-order valence-corrected chi connectivity index (χ0v) is 8.13. The Hall–Kier alpha value is 1.07. The van der Waals surface area contributed by atoms with Crippen LogP contribution >= 0.6 is 0 Å². The summed E-state index contributed by atoms with van der Waals surface area (Å²) in [5.41, 5.74) is 0. The van der Waals surface area contributed by atoms with E-state index >= 15 is 0 Å². The minimum atomic E-state index is -3.13. The third kappa shape index (κ3) is 5.07. The molecule has 0 N–H and O–H groups in total. The van der Waals surface area contributed by atoms with Gasteiger partial charge in [-0.15, -0.1) is 0 Å². The van der Waals surface area contributed by atoms with Crippen molar-refractivity contribution in [3.63, 3.8) is 0 Å². The van der Waals surface area contributed by atoms with E-state index in [1.165, 1.54) is 0 Å². The molecule has 0 saturated carbocycles. The standard InChI is InChI=1S/3O.Tl.V. The monoisotopic (exact) mass is 304 g/mol. The van der Waals surface area contributed by atoms with Crippen LogP contribution in [0.3, 0.4) is 0 Å². The zero-order chi connectivity index (χ0) is 4.28. The molecule has 0 saturated heterocycles. The molecule has 5 heteroatoms. The second kappa shape index (κ2) is 3.26. The van der Waals surface area contributed by atoms with Crippen LogP contribution in [0.2, 0.25) is 0 Å². The van der Waals surface area contributed by atoms with Crippen molar-refractivity contribution in [2.45, 2.75) is 0 Å². The molecule has 0 aromatic rings. The van der Waals surface area contributed by atoms with Gasteiger partial charge in [-0.1, -0.05) is 0 Å². The molecular weight excluding hydrogens is 303 g/mol. The third-order valence-corrected chi connectivity index (χ3v) is 3.11. The summed E-state index contributed by atoms with van der Waals surface area (Å²) < 4.78 is 22.6. The Bertz CT molecular complexity index is 65.0. The first-order valence-electron chi connectivity index (χ1n) is 0.783. The summed E-state index contributed by atoms with van der Waals surface area (Å²) >= 11 is -2.98. The van der Waals surface area contributed by atoms with Crippen LogP contribution in [-0.4, -0.2) is 26.2 Å². The van der Waals surface area contributed by atoms with Crippen LogP contribution in [0.15, 0.2) is 0 Å². The molecule has 0 atom stereocenters. The SMILES string of the molecule is [O]=[V](=[O])[O][Tl]. The summed E-state index contributed by atoms with van der Waals surface area (Å²) in [7, 11) is 0. The summed E-state index contributed by atoms with van der Waals surface area (Å²) in [6.07, 6.45) is 0. The summed E-state index contributed by atoms with van der Waals surface area (Å²) in [6, 6.07) is 0. The van der Waals surface area contributed by atoms with Gasteiger partial charge in [0.2, 0.25) is 0 Å². The van der Waals surface area contributed by atoms with E-state index in [2.05, 4.69) is 1.61 Å². The van der Waals surface area contributed by atoms with E-state index in [4.69, 9.17) is 0 Å². The Morgan fingerprint density at radius 2 is 1.80 bits per heavy atom. The van der Waals surface area contributed by atoms with Crippen LogP contribution in [0.1, 0.15) is 0 Å². The van der Waals surface area contributed by atoms with Crippen molar-refractivity contribution in [3.8, 4) is 0 Å². The Balaban J connectivity index is 3.23. The van der Waals surface area contributed by atoms with Crippen molar-refractivity contribution in [2.24, 2.45) is 0 Å². The molecule has 0 spiro atoms. The van der Waals surface area contributed by atoms with Gasteiger partial charge in [0.25, 0.3) is 0 Å². The third-order valence-electron chi connectivity index (χ3n) is 0.0861. The van der Waals surface area contributed by atoms with Crippen LogP contribution in [0.4, 0.5) is 0 Å². The first kappa shape index (κ1) is 6.07. The molecule has 0 bridgehead atoms. The molecule has 3 nitrogen and oxygen atoms in total. The molecule has 0 aromatic carbocycles. The van der Waals surface area contributed by atoms with Crippen molar-refractivity contribution in [2.75, 3.05) is 0 Å². The molecule has 0 unspecified atom stereocenters. The molecule has 0 aromatic heterocycles. The van der Waals surface area contributed by atoms with E-state index in [1.54, 1.807) is 0 Å². The van der Waals surface area contributed by atoms with Crippen LogP contribution in [-0.2, 0) is 24.4 Å². The van der Waals surface area contributed by atoms with Gasteiger partial charge < -0.3 is 0 Å². The number of rotatable bonds is 1. The van der Waals surface area contributed by atoms with Crippen LogP contribution in [0, 0.1) is 0 Å². The van der Waals surface area contributed by atoms with Gasteiger partial charge in [-0.3, -0.25) is 0 Å². The van der Waals surface area contributed by atoms with Gasteiger partial charge in [0.05, 0.1) is 0 Å². The predicted octanol–water partition coefficient (Wildman–Crippen LogP) is -0.689. The minimum absolute atomic E-state index is 0.148. The van der Waals surface area contributed by atoms with Crippen molar-refractivity contribution in [3.05, 3.63) is 0 Å². The van der Waals surface area contributed by atoms with E-state index in [0.717, 1.165) is 0 Å². The Morgan fingerprint density at radius 3 is 1.80 bits per heavy atom. The fourth-order valence-corrected chi connectivity index (χ4v) is 0. The van der Waals surface area contributed by atoms with Crippen LogP contribution in [0.5, 0.6) is 0 Å². The topological polar surface area (TPSA) is 43.4 Å².